The molecule has 18 heavy (non-hydrogen) atoms. The largest absolute Gasteiger partial charge is 0.394 e. The molecule has 4 heteroatoms. The maximum absolute atomic E-state index is 13.2. The Morgan fingerprint density at radius 1 is 1.44 bits per heavy atom. The number of carbonyl (C=O) groups is 1. The van der Waals surface area contributed by atoms with Gasteiger partial charge in [-0.05, 0) is 36.6 Å². The van der Waals surface area contributed by atoms with E-state index in [9.17, 15) is 14.3 Å². The number of aliphatic hydroxyl groups excluding tert-OH is 1. The Balaban J connectivity index is 2.80. The molecule has 0 spiro atoms. The summed E-state index contributed by atoms with van der Waals surface area (Å²) in [5, 5.41) is 12.0. The molecule has 100 valence electrons. The van der Waals surface area contributed by atoms with E-state index in [2.05, 4.69) is 5.32 Å². The zero-order valence-electron chi connectivity index (χ0n) is 11.0. The molecule has 0 aliphatic carbocycles. The molecule has 0 saturated carbocycles. The van der Waals surface area contributed by atoms with Crippen molar-refractivity contribution in [3.05, 3.63) is 35.1 Å². The molecule has 0 saturated heterocycles. The Morgan fingerprint density at radius 3 is 2.61 bits per heavy atom. The van der Waals surface area contributed by atoms with Crippen LogP contribution in [0.2, 0.25) is 0 Å². The number of amides is 1. The first kappa shape index (κ1) is 14.6. The predicted molar refractivity (Wildman–Crippen MR) is 68.9 cm³/mol. The summed E-state index contributed by atoms with van der Waals surface area (Å²) in [5.41, 5.74) is 0.985. The molecule has 2 atom stereocenters. The van der Waals surface area contributed by atoms with E-state index in [-0.39, 0.29) is 30.0 Å². The average molecular weight is 253 g/mol. The minimum Gasteiger partial charge on any atom is -0.394 e. The molecule has 0 aliphatic rings. The third-order valence-corrected chi connectivity index (χ3v) is 3.15. The molecule has 2 N–H and O–H groups in total. The maximum atomic E-state index is 13.2. The van der Waals surface area contributed by atoms with Crippen molar-refractivity contribution in [3.8, 4) is 0 Å². The summed E-state index contributed by atoms with van der Waals surface area (Å²) in [7, 11) is 0. The summed E-state index contributed by atoms with van der Waals surface area (Å²) in [4.78, 5) is 11.9. The van der Waals surface area contributed by atoms with Crippen molar-refractivity contribution < 1.29 is 14.3 Å². The Labute approximate surface area is 107 Å². The maximum Gasteiger partial charge on any atom is 0.251 e. The van der Waals surface area contributed by atoms with Gasteiger partial charge in [-0.1, -0.05) is 20.3 Å². The van der Waals surface area contributed by atoms with Crippen LogP contribution >= 0.6 is 0 Å². The number of rotatable bonds is 5. The topological polar surface area (TPSA) is 49.3 Å². The van der Waals surface area contributed by atoms with E-state index in [0.717, 1.165) is 6.42 Å². The van der Waals surface area contributed by atoms with Gasteiger partial charge in [0.05, 0.1) is 12.6 Å². The van der Waals surface area contributed by atoms with Gasteiger partial charge >= 0.3 is 0 Å². The second-order valence-electron chi connectivity index (χ2n) is 4.67. The number of carbonyl (C=O) groups excluding carboxylic acids is 1. The molecule has 0 radical (unpaired) electrons. The van der Waals surface area contributed by atoms with E-state index in [4.69, 9.17) is 0 Å². The van der Waals surface area contributed by atoms with Gasteiger partial charge in [0.25, 0.3) is 5.91 Å². The third-order valence-electron chi connectivity index (χ3n) is 3.15. The van der Waals surface area contributed by atoms with Crippen LogP contribution in [-0.4, -0.2) is 23.7 Å². The molecule has 3 nitrogen and oxygen atoms in total. The Morgan fingerprint density at radius 2 is 2.11 bits per heavy atom. The Kier molecular flexibility index (Phi) is 5.28. The second-order valence-corrected chi connectivity index (χ2v) is 4.67. The van der Waals surface area contributed by atoms with Crippen LogP contribution in [0.15, 0.2) is 18.2 Å². The number of benzene rings is 1. The number of nitrogens with one attached hydrogen (secondary N) is 1. The summed E-state index contributed by atoms with van der Waals surface area (Å²) in [5.74, 6) is -0.602. The van der Waals surface area contributed by atoms with Crippen LogP contribution in [0.5, 0.6) is 0 Å². The molecule has 0 fully saturated rings. The minimum atomic E-state index is -0.427. The SMILES string of the molecule is CCC(C)[C@@H](CO)NC(=O)c1cc(C)cc(F)c1. The number of hydrogen-bond donors (Lipinski definition) is 2. The fourth-order valence-electron chi connectivity index (χ4n) is 1.77. The van der Waals surface area contributed by atoms with Crippen LogP contribution < -0.4 is 5.32 Å². The molecule has 0 aliphatic heterocycles. The molecular formula is C14H20FNO2. The molecule has 0 heterocycles. The van der Waals surface area contributed by atoms with E-state index >= 15 is 0 Å². The van der Waals surface area contributed by atoms with Gasteiger partial charge in [0.1, 0.15) is 5.82 Å². The lowest BCUT2D eigenvalue weighted by atomic mass is 9.99. The van der Waals surface area contributed by atoms with Crippen molar-refractivity contribution in [2.45, 2.75) is 33.2 Å². The molecule has 1 aromatic rings. The standard InChI is InChI=1S/C14H20FNO2/c1-4-10(3)13(8-17)16-14(18)11-5-9(2)6-12(15)7-11/h5-7,10,13,17H,4,8H2,1-3H3,(H,16,18)/t10?,13-/m1/s1. The van der Waals surface area contributed by atoms with Gasteiger partial charge in [-0.15, -0.1) is 0 Å². The van der Waals surface area contributed by atoms with Crippen molar-refractivity contribution in [2.24, 2.45) is 5.92 Å². The molecule has 1 aromatic carbocycles. The highest BCUT2D eigenvalue weighted by atomic mass is 19.1. The monoisotopic (exact) mass is 253 g/mol. The van der Waals surface area contributed by atoms with E-state index in [1.807, 2.05) is 13.8 Å². The summed E-state index contributed by atoms with van der Waals surface area (Å²) >= 11 is 0. The van der Waals surface area contributed by atoms with Gasteiger partial charge in [-0.25, -0.2) is 4.39 Å². The fourth-order valence-corrected chi connectivity index (χ4v) is 1.77. The van der Waals surface area contributed by atoms with Gasteiger partial charge in [-0.2, -0.15) is 0 Å². The van der Waals surface area contributed by atoms with Crippen molar-refractivity contribution in [3.63, 3.8) is 0 Å². The normalized spacial score (nSPS) is 14.1. The van der Waals surface area contributed by atoms with Crippen molar-refractivity contribution in [2.75, 3.05) is 6.61 Å². The van der Waals surface area contributed by atoms with Gasteiger partial charge in [0.15, 0.2) is 0 Å². The number of halogens is 1. The molecular weight excluding hydrogens is 233 g/mol. The van der Waals surface area contributed by atoms with Crippen LogP contribution in [0, 0.1) is 18.7 Å². The highest BCUT2D eigenvalue weighted by Gasteiger charge is 2.18. The summed E-state index contributed by atoms with van der Waals surface area (Å²) in [6.07, 6.45) is 0.855. The zero-order chi connectivity index (χ0) is 13.7. The van der Waals surface area contributed by atoms with Crippen molar-refractivity contribution in [1.29, 1.82) is 0 Å². The minimum absolute atomic E-state index is 0.116. The Hall–Kier alpha value is -1.42. The molecule has 1 rings (SSSR count). The zero-order valence-corrected chi connectivity index (χ0v) is 11.0. The van der Waals surface area contributed by atoms with Crippen LogP contribution in [0.3, 0.4) is 0 Å². The Bertz CT molecular complexity index is 400. The smallest absolute Gasteiger partial charge is 0.251 e. The number of aryl methyl sites for hydroxylation is 1. The van der Waals surface area contributed by atoms with E-state index in [1.54, 1.807) is 13.0 Å². The lowest BCUT2D eigenvalue weighted by molar-refractivity contribution is 0.0891. The first-order valence-electron chi connectivity index (χ1n) is 6.16. The van der Waals surface area contributed by atoms with Crippen molar-refractivity contribution in [1.82, 2.24) is 5.32 Å². The van der Waals surface area contributed by atoms with Gasteiger partial charge < -0.3 is 10.4 Å². The summed E-state index contributed by atoms with van der Waals surface area (Å²) < 4.78 is 13.2. The quantitative estimate of drug-likeness (QED) is 0.845. The third kappa shape index (κ3) is 3.81. The highest BCUT2D eigenvalue weighted by molar-refractivity contribution is 5.94. The first-order valence-corrected chi connectivity index (χ1v) is 6.16. The predicted octanol–water partition coefficient (Wildman–Crippen LogP) is 2.27. The summed E-state index contributed by atoms with van der Waals surface area (Å²) in [6.45, 7) is 5.57. The molecule has 0 bridgehead atoms. The van der Waals surface area contributed by atoms with E-state index in [0.29, 0.717) is 5.56 Å². The first-order chi connectivity index (χ1) is 8.47. The summed E-state index contributed by atoms with van der Waals surface area (Å²) in [6, 6.07) is 3.90. The average Bonchev–Trinajstić information content (AvgIpc) is 2.33. The molecule has 0 aromatic heterocycles. The number of aliphatic hydroxyl groups is 1. The van der Waals surface area contributed by atoms with Gasteiger partial charge in [-0.3, -0.25) is 4.79 Å². The van der Waals surface area contributed by atoms with Crippen molar-refractivity contribution >= 4 is 5.91 Å². The number of hydrogen-bond acceptors (Lipinski definition) is 2. The second kappa shape index (κ2) is 6.50. The van der Waals surface area contributed by atoms with Gasteiger partial charge in [0, 0.05) is 5.56 Å². The van der Waals surface area contributed by atoms with E-state index < -0.39 is 5.82 Å². The molecule has 1 unspecified atom stereocenters. The lowest BCUT2D eigenvalue weighted by Crippen LogP contribution is -2.41. The highest BCUT2D eigenvalue weighted by Crippen LogP contribution is 2.11. The molecule has 1 amide bonds. The lowest BCUT2D eigenvalue weighted by Gasteiger charge is -2.22. The van der Waals surface area contributed by atoms with Crippen LogP contribution in [0.1, 0.15) is 36.2 Å². The van der Waals surface area contributed by atoms with Crippen LogP contribution in [0.25, 0.3) is 0 Å². The van der Waals surface area contributed by atoms with Crippen LogP contribution in [0.4, 0.5) is 4.39 Å². The van der Waals surface area contributed by atoms with Crippen LogP contribution in [-0.2, 0) is 0 Å². The fraction of sp³-hybridized carbons (Fsp3) is 0.500. The van der Waals surface area contributed by atoms with E-state index in [1.165, 1.54) is 12.1 Å². The van der Waals surface area contributed by atoms with Gasteiger partial charge in [0.2, 0.25) is 0 Å².